The molecule has 0 spiro atoms. The normalized spacial score (nSPS) is 13.4. The molecule has 3 atom stereocenters. The first kappa shape index (κ1) is 29.8. The number of rotatable bonds is 18. The number of aliphatic hydroxyl groups excluding tert-OH is 1. The molecule has 0 heterocycles. The van der Waals surface area contributed by atoms with E-state index in [1.165, 1.54) is 7.11 Å². The lowest BCUT2D eigenvalue weighted by molar-refractivity contribution is -0.143. The van der Waals surface area contributed by atoms with Gasteiger partial charge in [0.15, 0.2) is 6.29 Å². The summed E-state index contributed by atoms with van der Waals surface area (Å²) in [6.45, 7) is 3.41. The number of nitrogens with one attached hydrogen (secondary N) is 3. The Bertz CT molecular complexity index is 608. The van der Waals surface area contributed by atoms with Gasteiger partial charge in [-0.3, -0.25) is 19.2 Å². The van der Waals surface area contributed by atoms with E-state index < -0.39 is 36.2 Å². The first-order valence-electron chi connectivity index (χ1n) is 10.5. The van der Waals surface area contributed by atoms with Crippen molar-refractivity contribution < 1.29 is 33.8 Å². The number of hydrogen-bond donors (Lipinski definition) is 4. The summed E-state index contributed by atoms with van der Waals surface area (Å²) in [5, 5.41) is 17.4. The molecule has 0 aliphatic carbocycles. The molecule has 0 saturated carbocycles. The van der Waals surface area contributed by atoms with Crippen molar-refractivity contribution in [3.63, 3.8) is 0 Å². The van der Waals surface area contributed by atoms with Crippen LogP contribution in [0.2, 0.25) is 0 Å². The van der Waals surface area contributed by atoms with Crippen LogP contribution in [0.15, 0.2) is 4.58 Å². The topological polar surface area (TPSA) is 172 Å². The maximum absolute atomic E-state index is 12.3. The summed E-state index contributed by atoms with van der Waals surface area (Å²) in [6, 6.07) is -1.93. The lowest BCUT2D eigenvalue weighted by Gasteiger charge is -2.23. The van der Waals surface area contributed by atoms with E-state index in [2.05, 4.69) is 20.5 Å². The number of ether oxygens (including phenoxy) is 2. The van der Waals surface area contributed by atoms with Crippen molar-refractivity contribution in [3.8, 4) is 0 Å². The van der Waals surface area contributed by atoms with E-state index in [1.54, 1.807) is 6.92 Å². The number of nitroso groups, excluding NO2 is 1. The summed E-state index contributed by atoms with van der Waals surface area (Å²) >= 11 is 0.542. The molecule has 32 heavy (non-hydrogen) atoms. The van der Waals surface area contributed by atoms with E-state index in [4.69, 9.17) is 9.47 Å². The van der Waals surface area contributed by atoms with Crippen molar-refractivity contribution in [2.75, 3.05) is 26.0 Å². The van der Waals surface area contributed by atoms with E-state index in [0.717, 1.165) is 12.8 Å². The van der Waals surface area contributed by atoms with Crippen molar-refractivity contribution in [2.24, 2.45) is 4.58 Å². The molecule has 0 aromatic carbocycles. The number of hydrogen-bond acceptors (Lipinski definition) is 10. The molecule has 13 heteroatoms. The quantitative estimate of drug-likeness (QED) is 0.0714. The molecule has 4 N–H and O–H groups in total. The number of aliphatic hydroxyl groups is 1. The number of methoxy groups -OCH3 is 1. The third kappa shape index (κ3) is 13.9. The SMILES string of the molecule is CCCCCC(=O)N[C@@H](CCC(=O)N[C@@H](CSN=O)C(=O)NCC(=O)OCC)C(O)OC. The Kier molecular flexibility index (Phi) is 17.0. The van der Waals surface area contributed by atoms with Gasteiger partial charge in [0, 0.05) is 42.2 Å². The Morgan fingerprint density at radius 1 is 1.06 bits per heavy atom. The number of amides is 3. The molecular formula is C19H34N4O8S. The van der Waals surface area contributed by atoms with Crippen LogP contribution < -0.4 is 16.0 Å². The molecule has 0 aromatic rings. The van der Waals surface area contributed by atoms with Crippen LogP contribution in [0.1, 0.15) is 52.4 Å². The van der Waals surface area contributed by atoms with Gasteiger partial charge in [0.2, 0.25) is 17.7 Å². The standard InChI is InChI=1S/C19H34N4O8S/c1-4-6-7-8-15(24)21-13(19(28)30-3)9-10-16(25)22-14(12-32-23-29)18(27)20-11-17(26)31-5-2/h13-14,19,28H,4-12H2,1-3H3,(H,20,27)(H,21,24)(H,22,25)/t13-,14-,19?/m0/s1. The fourth-order valence-corrected chi connectivity index (χ4v) is 3.04. The van der Waals surface area contributed by atoms with Crippen molar-refractivity contribution in [3.05, 3.63) is 4.91 Å². The predicted octanol–water partition coefficient (Wildman–Crippen LogP) is 0.375. The van der Waals surface area contributed by atoms with Gasteiger partial charge in [-0.1, -0.05) is 19.8 Å². The lowest BCUT2D eigenvalue weighted by atomic mass is 10.1. The van der Waals surface area contributed by atoms with Crippen molar-refractivity contribution in [1.29, 1.82) is 0 Å². The highest BCUT2D eigenvalue weighted by Gasteiger charge is 2.25. The molecule has 0 aliphatic rings. The molecule has 0 aromatic heterocycles. The van der Waals surface area contributed by atoms with Gasteiger partial charge in [-0.25, -0.2) is 0 Å². The van der Waals surface area contributed by atoms with Gasteiger partial charge in [0.25, 0.3) is 0 Å². The first-order valence-corrected chi connectivity index (χ1v) is 11.4. The first-order chi connectivity index (χ1) is 15.3. The largest absolute Gasteiger partial charge is 0.465 e. The molecule has 0 bridgehead atoms. The van der Waals surface area contributed by atoms with E-state index in [-0.39, 0.29) is 37.7 Å². The van der Waals surface area contributed by atoms with Crippen LogP contribution in [0.3, 0.4) is 0 Å². The predicted molar refractivity (Wildman–Crippen MR) is 118 cm³/mol. The van der Waals surface area contributed by atoms with E-state index >= 15 is 0 Å². The second kappa shape index (κ2) is 18.3. The highest BCUT2D eigenvalue weighted by Crippen LogP contribution is 2.08. The van der Waals surface area contributed by atoms with Crippen molar-refractivity contribution in [1.82, 2.24) is 16.0 Å². The van der Waals surface area contributed by atoms with Gasteiger partial charge in [-0.2, -0.15) is 0 Å². The average molecular weight is 479 g/mol. The number of carbonyl (C=O) groups is 4. The third-order valence-corrected chi connectivity index (χ3v) is 4.87. The zero-order valence-corrected chi connectivity index (χ0v) is 19.6. The fourth-order valence-electron chi connectivity index (χ4n) is 2.60. The Balaban J connectivity index is 4.79. The third-order valence-electron chi connectivity index (χ3n) is 4.28. The molecule has 1 unspecified atom stereocenters. The Morgan fingerprint density at radius 2 is 1.75 bits per heavy atom. The van der Waals surface area contributed by atoms with Crippen LogP contribution in [-0.4, -0.2) is 73.2 Å². The fraction of sp³-hybridized carbons (Fsp3) is 0.789. The van der Waals surface area contributed by atoms with Crippen LogP contribution in [0.5, 0.6) is 0 Å². The van der Waals surface area contributed by atoms with E-state index in [1.807, 2.05) is 6.92 Å². The second-order valence-corrected chi connectivity index (χ2v) is 7.55. The van der Waals surface area contributed by atoms with Gasteiger partial charge in [0.05, 0.1) is 12.6 Å². The Hall–Kier alpha value is -2.25. The van der Waals surface area contributed by atoms with E-state index in [9.17, 15) is 29.2 Å². The zero-order valence-electron chi connectivity index (χ0n) is 18.8. The zero-order chi connectivity index (χ0) is 24.4. The molecule has 0 radical (unpaired) electrons. The molecule has 0 rings (SSSR count). The summed E-state index contributed by atoms with van der Waals surface area (Å²) < 4.78 is 12.2. The molecule has 12 nitrogen and oxygen atoms in total. The molecule has 184 valence electrons. The molecule has 0 aliphatic heterocycles. The summed E-state index contributed by atoms with van der Waals surface area (Å²) in [5.41, 5.74) is 0. The van der Waals surface area contributed by atoms with Crippen LogP contribution in [0.25, 0.3) is 0 Å². The van der Waals surface area contributed by atoms with Gasteiger partial charge >= 0.3 is 5.97 Å². The maximum atomic E-state index is 12.3. The summed E-state index contributed by atoms with van der Waals surface area (Å²) in [7, 11) is 1.27. The molecule has 0 saturated heterocycles. The number of carbonyl (C=O) groups excluding carboxylic acids is 4. The van der Waals surface area contributed by atoms with Gasteiger partial charge in [-0.05, 0) is 19.8 Å². The van der Waals surface area contributed by atoms with Gasteiger partial charge in [-0.15, -0.1) is 4.91 Å². The molecule has 0 fully saturated rings. The monoisotopic (exact) mass is 478 g/mol. The minimum absolute atomic E-state index is 0.0522. The summed E-state index contributed by atoms with van der Waals surface area (Å²) in [5.74, 6) is -2.27. The van der Waals surface area contributed by atoms with Crippen molar-refractivity contribution in [2.45, 2.75) is 70.7 Å². The van der Waals surface area contributed by atoms with Crippen LogP contribution >= 0.6 is 11.9 Å². The highest BCUT2D eigenvalue weighted by atomic mass is 32.2. The minimum atomic E-state index is -1.31. The van der Waals surface area contributed by atoms with Crippen molar-refractivity contribution >= 4 is 35.6 Å². The molecule has 3 amide bonds. The summed E-state index contributed by atoms with van der Waals surface area (Å²) in [6.07, 6.45) is 1.48. The Morgan fingerprint density at radius 3 is 2.34 bits per heavy atom. The number of nitrogens with zero attached hydrogens (tertiary/aromatic N) is 1. The average Bonchev–Trinajstić information content (AvgIpc) is 2.77. The lowest BCUT2D eigenvalue weighted by Crippen LogP contribution is -2.50. The highest BCUT2D eigenvalue weighted by molar-refractivity contribution is 7.97. The van der Waals surface area contributed by atoms with Gasteiger partial charge in [0.1, 0.15) is 12.6 Å². The Labute approximate surface area is 192 Å². The van der Waals surface area contributed by atoms with Crippen LogP contribution in [0.4, 0.5) is 0 Å². The van der Waals surface area contributed by atoms with E-state index in [0.29, 0.717) is 24.8 Å². The smallest absolute Gasteiger partial charge is 0.325 e. The number of esters is 1. The second-order valence-electron chi connectivity index (χ2n) is 6.81. The maximum Gasteiger partial charge on any atom is 0.325 e. The van der Waals surface area contributed by atoms with Gasteiger partial charge < -0.3 is 30.5 Å². The minimum Gasteiger partial charge on any atom is -0.465 e. The number of unbranched alkanes of at least 4 members (excludes halogenated alkanes) is 2. The van der Waals surface area contributed by atoms with Crippen LogP contribution in [-0.2, 0) is 28.7 Å². The molecular weight excluding hydrogens is 444 g/mol. The van der Waals surface area contributed by atoms with Crippen LogP contribution in [0, 0.1) is 4.91 Å². The summed E-state index contributed by atoms with van der Waals surface area (Å²) in [4.78, 5) is 58.4.